The van der Waals surface area contributed by atoms with Gasteiger partial charge in [-0.25, -0.2) is 5.48 Å². The van der Waals surface area contributed by atoms with Crippen LogP contribution in [0.15, 0.2) is 54.6 Å². The maximum atomic E-state index is 13.9. The lowest BCUT2D eigenvalue weighted by atomic mass is 9.83. The minimum absolute atomic E-state index is 0.0687. The number of hydroxylamine groups is 1. The Labute approximate surface area is 244 Å². The average molecular weight is 583 g/mol. The maximum absolute atomic E-state index is 13.9. The van der Waals surface area contributed by atoms with Crippen molar-refractivity contribution in [3.05, 3.63) is 71.3 Å². The van der Waals surface area contributed by atoms with E-state index in [9.17, 15) is 29.2 Å². The van der Waals surface area contributed by atoms with E-state index >= 15 is 0 Å². The lowest BCUT2D eigenvalue weighted by molar-refractivity contribution is -0.142. The van der Waals surface area contributed by atoms with Crippen LogP contribution in [0.1, 0.15) is 60.4 Å². The van der Waals surface area contributed by atoms with Crippen molar-refractivity contribution in [3.63, 3.8) is 0 Å². The number of benzene rings is 2. The summed E-state index contributed by atoms with van der Waals surface area (Å²) in [6.45, 7) is 7.03. The number of carbonyl (C=O) groups excluding carboxylic acids is 5. The van der Waals surface area contributed by atoms with E-state index in [0.717, 1.165) is 10.5 Å². The molecule has 4 N–H and O–H groups in total. The highest BCUT2D eigenvalue weighted by atomic mass is 32.2. The van der Waals surface area contributed by atoms with E-state index in [0.29, 0.717) is 5.75 Å². The molecule has 1 aliphatic heterocycles. The fraction of sp³-hybridized carbons (Fsp3) is 0.433. The summed E-state index contributed by atoms with van der Waals surface area (Å²) in [5.74, 6) is -4.86. The zero-order chi connectivity index (χ0) is 30.3. The molecule has 3 atom stereocenters. The number of fused-ring (bicyclic) bond motifs is 1. The van der Waals surface area contributed by atoms with E-state index in [1.165, 1.54) is 30.9 Å². The Morgan fingerprint density at radius 1 is 0.878 bits per heavy atom. The first-order valence-corrected chi connectivity index (χ1v) is 14.5. The molecule has 11 heteroatoms. The number of amides is 5. The molecule has 0 saturated carbocycles. The van der Waals surface area contributed by atoms with Crippen molar-refractivity contribution in [2.45, 2.75) is 50.7 Å². The second-order valence-electron chi connectivity index (χ2n) is 11.0. The molecule has 220 valence electrons. The van der Waals surface area contributed by atoms with E-state index in [2.05, 4.69) is 10.6 Å². The quantitative estimate of drug-likeness (QED) is 0.161. The summed E-state index contributed by atoms with van der Waals surface area (Å²) in [5, 5.41) is 15.0. The monoisotopic (exact) mass is 582 g/mol. The van der Waals surface area contributed by atoms with Crippen molar-refractivity contribution in [2.75, 3.05) is 13.6 Å². The van der Waals surface area contributed by atoms with Gasteiger partial charge in [-0.3, -0.25) is 34.1 Å². The first kappa shape index (κ1) is 31.8. The number of rotatable bonds is 13. The van der Waals surface area contributed by atoms with Crippen LogP contribution in [-0.4, -0.2) is 64.0 Å². The van der Waals surface area contributed by atoms with Gasteiger partial charge in [-0.2, -0.15) is 0 Å². The van der Waals surface area contributed by atoms with Gasteiger partial charge in [0.1, 0.15) is 6.04 Å². The minimum Gasteiger partial charge on any atom is -0.357 e. The molecule has 0 radical (unpaired) electrons. The molecule has 2 aromatic rings. The van der Waals surface area contributed by atoms with Gasteiger partial charge >= 0.3 is 0 Å². The Morgan fingerprint density at radius 2 is 1.44 bits per heavy atom. The molecule has 1 aliphatic rings. The van der Waals surface area contributed by atoms with Crippen LogP contribution in [0, 0.1) is 17.8 Å². The van der Waals surface area contributed by atoms with Gasteiger partial charge in [0.05, 0.1) is 23.0 Å². The Kier molecular flexibility index (Phi) is 10.7. The summed E-state index contributed by atoms with van der Waals surface area (Å²) >= 11 is 1.50. The Bertz CT molecular complexity index is 1250. The number of nitrogens with one attached hydrogen (secondary N) is 3. The fourth-order valence-corrected chi connectivity index (χ4v) is 5.98. The first-order chi connectivity index (χ1) is 19.4. The van der Waals surface area contributed by atoms with Crippen molar-refractivity contribution < 1.29 is 29.2 Å². The fourth-order valence-electron chi connectivity index (χ4n) is 4.91. The molecule has 0 spiro atoms. The molecular formula is C30H38N4O6S. The number of imide groups is 1. The van der Waals surface area contributed by atoms with Gasteiger partial charge in [0.2, 0.25) is 17.7 Å². The lowest BCUT2D eigenvalue weighted by Crippen LogP contribution is -2.58. The normalized spacial score (nSPS) is 15.2. The van der Waals surface area contributed by atoms with Gasteiger partial charge in [-0.15, -0.1) is 11.8 Å². The summed E-state index contributed by atoms with van der Waals surface area (Å²) in [5.41, 5.74) is 3.08. The van der Waals surface area contributed by atoms with Crippen molar-refractivity contribution in [1.82, 2.24) is 21.0 Å². The van der Waals surface area contributed by atoms with Crippen LogP contribution in [0.2, 0.25) is 0 Å². The van der Waals surface area contributed by atoms with Crippen LogP contribution in [-0.2, 0) is 20.1 Å². The predicted octanol–water partition coefficient (Wildman–Crippen LogP) is 3.01. The van der Waals surface area contributed by atoms with Crippen LogP contribution in [0.5, 0.6) is 0 Å². The second-order valence-corrected chi connectivity index (χ2v) is 12.6. The van der Waals surface area contributed by atoms with Crippen LogP contribution in [0.25, 0.3) is 0 Å². The van der Waals surface area contributed by atoms with Gasteiger partial charge in [0.25, 0.3) is 11.8 Å². The molecule has 3 rings (SSSR count). The highest BCUT2D eigenvalue weighted by Gasteiger charge is 2.44. The highest BCUT2D eigenvalue weighted by Crippen LogP contribution is 2.33. The molecule has 1 unspecified atom stereocenters. The summed E-state index contributed by atoms with van der Waals surface area (Å²) in [6, 6.07) is 15.1. The number of likely N-dealkylation sites (N-methyl/N-ethyl adjacent to an activating group) is 1. The molecule has 0 saturated heterocycles. The van der Waals surface area contributed by atoms with Crippen LogP contribution in [0.4, 0.5) is 0 Å². The second kappa shape index (κ2) is 13.8. The molecule has 0 aliphatic carbocycles. The number of hydrogen-bond acceptors (Lipinski definition) is 7. The third kappa shape index (κ3) is 7.53. The third-order valence-corrected chi connectivity index (χ3v) is 8.65. The molecule has 10 nitrogen and oxygen atoms in total. The van der Waals surface area contributed by atoms with E-state index in [4.69, 9.17) is 0 Å². The van der Waals surface area contributed by atoms with Crippen molar-refractivity contribution in [2.24, 2.45) is 17.8 Å². The molecule has 0 aromatic heterocycles. The topological polar surface area (TPSA) is 145 Å². The summed E-state index contributed by atoms with van der Waals surface area (Å²) in [6.07, 6.45) is 0.200. The number of hydrogen-bond donors (Lipinski definition) is 4. The minimum atomic E-state index is -1.27. The van der Waals surface area contributed by atoms with E-state index < -0.39 is 58.7 Å². The van der Waals surface area contributed by atoms with Crippen molar-refractivity contribution >= 4 is 41.3 Å². The highest BCUT2D eigenvalue weighted by molar-refractivity contribution is 7.99. The number of carbonyl (C=O) groups is 5. The van der Waals surface area contributed by atoms with Crippen LogP contribution in [0.3, 0.4) is 0 Å². The molecular weight excluding hydrogens is 544 g/mol. The molecule has 5 amide bonds. The van der Waals surface area contributed by atoms with Gasteiger partial charge < -0.3 is 10.6 Å². The van der Waals surface area contributed by atoms with Gasteiger partial charge in [0, 0.05) is 24.1 Å². The maximum Gasteiger partial charge on any atom is 0.261 e. The van der Waals surface area contributed by atoms with E-state index in [-0.39, 0.29) is 23.5 Å². The van der Waals surface area contributed by atoms with E-state index in [1.54, 1.807) is 17.6 Å². The molecule has 41 heavy (non-hydrogen) atoms. The summed E-state index contributed by atoms with van der Waals surface area (Å²) in [7, 11) is 1.48. The predicted molar refractivity (Wildman–Crippen MR) is 156 cm³/mol. The number of nitrogens with zero attached hydrogens (tertiary/aromatic N) is 1. The molecule has 0 bridgehead atoms. The lowest BCUT2D eigenvalue weighted by Gasteiger charge is -2.35. The molecule has 2 aromatic carbocycles. The average Bonchev–Trinajstić information content (AvgIpc) is 3.20. The summed E-state index contributed by atoms with van der Waals surface area (Å²) < 4.78 is -0.759. The molecule has 0 fully saturated rings. The van der Waals surface area contributed by atoms with Gasteiger partial charge in [0.15, 0.2) is 0 Å². The zero-order valence-electron chi connectivity index (χ0n) is 24.0. The van der Waals surface area contributed by atoms with Crippen molar-refractivity contribution in [1.29, 1.82) is 0 Å². The SMILES string of the molecule is CNC(=O)C(NC(=O)[C@H](CC(C)C)[C@H](CN1C(=O)c2ccccc2C1=O)C(=O)NO)C(C)(C)SCc1ccccc1. The van der Waals surface area contributed by atoms with Gasteiger partial charge in [-0.1, -0.05) is 56.3 Å². The molecule has 1 heterocycles. The van der Waals surface area contributed by atoms with Crippen LogP contribution >= 0.6 is 11.8 Å². The van der Waals surface area contributed by atoms with Crippen molar-refractivity contribution in [3.8, 4) is 0 Å². The first-order valence-electron chi connectivity index (χ1n) is 13.5. The van der Waals surface area contributed by atoms with E-state index in [1.807, 2.05) is 58.0 Å². The smallest absolute Gasteiger partial charge is 0.261 e. The standard InChI is InChI=1S/C30H38N4O6S/c1-18(2)15-22(23(26(36)33-40)16-34-28(38)20-13-9-10-14-21(20)29(34)39)25(35)32-24(27(37)31-5)30(3,4)41-17-19-11-7-6-8-12-19/h6-14,18,22-24,40H,15-17H2,1-5H3,(H,31,37)(H,32,35)(H,33,36)/t22-,23+,24?/m1/s1. The Hall–Kier alpha value is -3.70. The number of thioether (sulfide) groups is 1. The van der Waals surface area contributed by atoms with Gasteiger partial charge in [-0.05, 0) is 43.9 Å². The Morgan fingerprint density at radius 3 is 1.95 bits per heavy atom. The van der Waals surface area contributed by atoms with Crippen LogP contribution < -0.4 is 16.1 Å². The Balaban J connectivity index is 1.89. The third-order valence-electron chi connectivity index (χ3n) is 7.20. The largest absolute Gasteiger partial charge is 0.357 e. The summed E-state index contributed by atoms with van der Waals surface area (Å²) in [4.78, 5) is 66.9. The zero-order valence-corrected chi connectivity index (χ0v) is 24.8.